The first kappa shape index (κ1) is 37.1. The molecule has 3 nitrogen and oxygen atoms in total. The average Bonchev–Trinajstić information content (AvgIpc) is 3.68. The zero-order valence-corrected chi connectivity index (χ0v) is 35.4. The van der Waals surface area contributed by atoms with Crippen LogP contribution in [0.3, 0.4) is 0 Å². The number of aromatic nitrogens is 3. The van der Waals surface area contributed by atoms with E-state index in [1.807, 2.05) is 24.3 Å². The van der Waals surface area contributed by atoms with Crippen LogP contribution in [-0.2, 0) is 5.41 Å². The molecule has 0 atom stereocenters. The van der Waals surface area contributed by atoms with Gasteiger partial charge in [0.25, 0.3) is 0 Å². The van der Waals surface area contributed by atoms with Crippen molar-refractivity contribution >= 4 is 32.3 Å². The average molecular weight is 826 g/mol. The minimum Gasteiger partial charge on any atom is -0.208 e. The highest BCUT2D eigenvalue weighted by Gasteiger charge is 2.46. The molecule has 0 bridgehead atoms. The third kappa shape index (κ3) is 5.86. The van der Waals surface area contributed by atoms with Gasteiger partial charge in [0.2, 0.25) is 0 Å². The van der Waals surface area contributed by atoms with Gasteiger partial charge in [0, 0.05) is 16.7 Å². The molecule has 1 aliphatic rings. The van der Waals surface area contributed by atoms with Crippen LogP contribution in [0.15, 0.2) is 237 Å². The summed E-state index contributed by atoms with van der Waals surface area (Å²) in [7, 11) is 0. The first-order valence-electron chi connectivity index (χ1n) is 22.3. The van der Waals surface area contributed by atoms with Gasteiger partial charge < -0.3 is 0 Å². The summed E-state index contributed by atoms with van der Waals surface area (Å²) >= 11 is 0. The molecule has 1 heterocycles. The Morgan fingerprint density at radius 3 is 1.37 bits per heavy atom. The van der Waals surface area contributed by atoms with Gasteiger partial charge in [0.15, 0.2) is 17.5 Å². The van der Waals surface area contributed by atoms with Gasteiger partial charge in [-0.2, -0.15) is 0 Å². The second-order valence-electron chi connectivity index (χ2n) is 17.1. The highest BCUT2D eigenvalue weighted by molar-refractivity contribution is 6.25. The number of fused-ring (bicyclic) bond motifs is 3. The van der Waals surface area contributed by atoms with Crippen LogP contribution >= 0.6 is 0 Å². The molecular formula is C62H39N3. The Hall–Kier alpha value is -8.53. The van der Waals surface area contributed by atoms with Gasteiger partial charge in [-0.25, -0.2) is 15.0 Å². The fourth-order valence-corrected chi connectivity index (χ4v) is 10.6. The number of rotatable bonds is 7. The lowest BCUT2D eigenvalue weighted by atomic mass is 9.67. The number of hydrogen-bond acceptors (Lipinski definition) is 3. The zero-order valence-electron chi connectivity index (χ0n) is 35.4. The molecule has 0 saturated carbocycles. The molecule has 3 heteroatoms. The predicted molar refractivity (Wildman–Crippen MR) is 268 cm³/mol. The van der Waals surface area contributed by atoms with Gasteiger partial charge in [0.1, 0.15) is 0 Å². The topological polar surface area (TPSA) is 38.7 Å². The molecule has 0 aliphatic heterocycles. The normalized spacial score (nSPS) is 12.7. The van der Waals surface area contributed by atoms with Crippen molar-refractivity contribution in [3.63, 3.8) is 0 Å². The predicted octanol–water partition coefficient (Wildman–Crippen LogP) is 15.5. The van der Waals surface area contributed by atoms with Gasteiger partial charge in [-0.05, 0) is 100 Å². The second kappa shape index (κ2) is 14.8. The molecule has 0 radical (unpaired) electrons. The maximum atomic E-state index is 5.23. The van der Waals surface area contributed by atoms with Crippen molar-refractivity contribution in [3.05, 3.63) is 259 Å². The minimum absolute atomic E-state index is 0.592. The Balaban J connectivity index is 1.02. The van der Waals surface area contributed by atoms with Crippen molar-refractivity contribution in [2.75, 3.05) is 0 Å². The van der Waals surface area contributed by atoms with Gasteiger partial charge in [-0.1, -0.05) is 224 Å². The molecule has 0 saturated heterocycles. The Morgan fingerprint density at radius 2 is 0.723 bits per heavy atom. The molecule has 0 amide bonds. The minimum atomic E-state index is -0.592. The van der Waals surface area contributed by atoms with Crippen molar-refractivity contribution in [2.45, 2.75) is 5.41 Å². The van der Waals surface area contributed by atoms with Crippen LogP contribution in [0.5, 0.6) is 0 Å². The maximum absolute atomic E-state index is 5.23. The summed E-state index contributed by atoms with van der Waals surface area (Å²) < 4.78 is 0. The molecule has 1 aromatic heterocycles. The largest absolute Gasteiger partial charge is 0.208 e. The Kier molecular flexibility index (Phi) is 8.44. The van der Waals surface area contributed by atoms with Crippen molar-refractivity contribution in [2.24, 2.45) is 0 Å². The van der Waals surface area contributed by atoms with E-state index < -0.39 is 5.41 Å². The summed E-state index contributed by atoms with van der Waals surface area (Å²) in [4.78, 5) is 15.5. The zero-order chi connectivity index (χ0) is 42.9. The van der Waals surface area contributed by atoms with Crippen LogP contribution in [-0.4, -0.2) is 15.0 Å². The van der Waals surface area contributed by atoms with Crippen molar-refractivity contribution < 1.29 is 0 Å². The van der Waals surface area contributed by atoms with Crippen molar-refractivity contribution in [1.82, 2.24) is 15.0 Å². The summed E-state index contributed by atoms with van der Waals surface area (Å²) in [5, 5.41) is 7.72. The summed E-state index contributed by atoms with van der Waals surface area (Å²) in [6.45, 7) is 0. The summed E-state index contributed by atoms with van der Waals surface area (Å²) in [5.74, 6) is 1.90. The molecule has 0 spiro atoms. The standard InChI is InChI=1S/C62H39N3/c1-5-14-40(15-6-1)41-24-28-46(29-25-41)60-63-59(45-16-7-2-8-17-45)64-61(65-60)48-33-37-55-54(38-48)52-35-32-47(39-56(52)62(55,49-20-9-3-10-21-49)50-22-11-4-12-23-50)51-34-30-44-27-26-42-18-13-19-43-31-36-53(51)58(44)57(42)43/h1-39H. The Bertz CT molecular complexity index is 3680. The van der Waals surface area contributed by atoms with E-state index >= 15 is 0 Å². The molecule has 0 N–H and O–H groups in total. The smallest absolute Gasteiger partial charge is 0.164 e. The van der Waals surface area contributed by atoms with Crippen LogP contribution in [0.1, 0.15) is 22.3 Å². The lowest BCUT2D eigenvalue weighted by Gasteiger charge is -2.34. The Labute approximate surface area is 377 Å². The molecule has 65 heavy (non-hydrogen) atoms. The molecule has 12 aromatic rings. The molecule has 302 valence electrons. The van der Waals surface area contributed by atoms with E-state index in [9.17, 15) is 0 Å². The first-order valence-corrected chi connectivity index (χ1v) is 22.3. The van der Waals surface area contributed by atoms with E-state index in [0.717, 1.165) is 22.3 Å². The third-order valence-electron chi connectivity index (χ3n) is 13.6. The van der Waals surface area contributed by atoms with Gasteiger partial charge >= 0.3 is 0 Å². The van der Waals surface area contributed by atoms with E-state index in [0.29, 0.717) is 17.5 Å². The van der Waals surface area contributed by atoms with Crippen LogP contribution in [0.25, 0.3) is 99.9 Å². The quantitative estimate of drug-likeness (QED) is 0.150. The Morgan fingerprint density at radius 1 is 0.262 bits per heavy atom. The van der Waals surface area contributed by atoms with E-state index in [2.05, 4.69) is 212 Å². The molecule has 11 aromatic carbocycles. The van der Waals surface area contributed by atoms with Crippen LogP contribution < -0.4 is 0 Å². The highest BCUT2D eigenvalue weighted by Crippen LogP contribution is 2.57. The maximum Gasteiger partial charge on any atom is 0.164 e. The van der Waals surface area contributed by atoms with E-state index in [-0.39, 0.29) is 0 Å². The molecule has 0 unspecified atom stereocenters. The lowest BCUT2D eigenvalue weighted by molar-refractivity contribution is 0.769. The monoisotopic (exact) mass is 825 g/mol. The summed E-state index contributed by atoms with van der Waals surface area (Å²) in [5.41, 5.74) is 14.3. The molecule has 13 rings (SSSR count). The third-order valence-corrected chi connectivity index (χ3v) is 13.6. The van der Waals surface area contributed by atoms with Gasteiger partial charge in [-0.15, -0.1) is 0 Å². The van der Waals surface area contributed by atoms with Crippen molar-refractivity contribution in [3.8, 4) is 67.5 Å². The van der Waals surface area contributed by atoms with Crippen LogP contribution in [0, 0.1) is 0 Å². The van der Waals surface area contributed by atoms with Gasteiger partial charge in [-0.3, -0.25) is 0 Å². The number of benzene rings is 11. The fraction of sp³-hybridized carbons (Fsp3) is 0.0161. The van der Waals surface area contributed by atoms with Crippen LogP contribution in [0.2, 0.25) is 0 Å². The summed E-state index contributed by atoms with van der Waals surface area (Å²) in [6, 6.07) is 85.5. The molecular weight excluding hydrogens is 787 g/mol. The van der Waals surface area contributed by atoms with E-state index in [4.69, 9.17) is 15.0 Å². The van der Waals surface area contributed by atoms with Crippen molar-refractivity contribution in [1.29, 1.82) is 0 Å². The first-order chi connectivity index (χ1) is 32.2. The fourth-order valence-electron chi connectivity index (χ4n) is 10.6. The second-order valence-corrected chi connectivity index (χ2v) is 17.1. The van der Waals surface area contributed by atoms with E-state index in [1.165, 1.54) is 82.4 Å². The SMILES string of the molecule is c1ccc(-c2ccc(-c3nc(-c4ccccc4)nc(-c4ccc5c(c4)-c4ccc(-c6ccc7ccc8cccc9ccc6c7c89)cc4C5(c4ccccc4)c4ccccc4)n3)cc2)cc1. The molecule has 0 fully saturated rings. The number of hydrogen-bond donors (Lipinski definition) is 0. The van der Waals surface area contributed by atoms with E-state index in [1.54, 1.807) is 0 Å². The summed E-state index contributed by atoms with van der Waals surface area (Å²) in [6.07, 6.45) is 0. The highest BCUT2D eigenvalue weighted by atomic mass is 15.0. The van der Waals surface area contributed by atoms with Gasteiger partial charge in [0.05, 0.1) is 5.41 Å². The molecule has 1 aliphatic carbocycles. The number of nitrogens with zero attached hydrogens (tertiary/aromatic N) is 3. The lowest BCUT2D eigenvalue weighted by Crippen LogP contribution is -2.28. The van der Waals surface area contributed by atoms with Crippen LogP contribution in [0.4, 0.5) is 0 Å².